The maximum Gasteiger partial charge on any atom is 0.0911 e. The molecule has 1 unspecified atom stereocenters. The second-order valence-electron chi connectivity index (χ2n) is 2.52. The number of aliphatic hydroxyl groups is 2. The topological polar surface area (TPSA) is 40.5 Å². The van der Waals surface area contributed by atoms with Gasteiger partial charge in [-0.2, -0.15) is 0 Å². The molecule has 64 valence electrons. The van der Waals surface area contributed by atoms with Gasteiger partial charge in [-0.1, -0.05) is 25.7 Å². The SMILES string of the molecule is C=C(O)C(CC)[C@H](O)/C=C\C. The Hall–Kier alpha value is -0.760. The Kier molecular flexibility index (Phi) is 4.62. The van der Waals surface area contributed by atoms with Gasteiger partial charge in [0.15, 0.2) is 0 Å². The first kappa shape index (κ1) is 10.2. The van der Waals surface area contributed by atoms with Crippen molar-refractivity contribution >= 4 is 0 Å². The summed E-state index contributed by atoms with van der Waals surface area (Å²) in [5, 5.41) is 18.4. The summed E-state index contributed by atoms with van der Waals surface area (Å²) in [6.07, 6.45) is 3.50. The minimum Gasteiger partial charge on any atom is -0.513 e. The lowest BCUT2D eigenvalue weighted by Crippen LogP contribution is -2.18. The zero-order valence-corrected chi connectivity index (χ0v) is 7.12. The molecule has 0 aliphatic carbocycles. The van der Waals surface area contributed by atoms with E-state index in [0.29, 0.717) is 6.42 Å². The second-order valence-corrected chi connectivity index (χ2v) is 2.52. The van der Waals surface area contributed by atoms with E-state index < -0.39 is 6.10 Å². The molecule has 0 heterocycles. The molecule has 0 radical (unpaired) electrons. The molecule has 0 aromatic rings. The van der Waals surface area contributed by atoms with Crippen LogP contribution in [0, 0.1) is 5.92 Å². The molecule has 0 aromatic carbocycles. The third-order valence-corrected chi connectivity index (χ3v) is 1.67. The standard InChI is InChI=1S/C9H16O2/c1-4-6-9(11)8(5-2)7(3)10/h4,6,8-11H,3,5H2,1-2H3/b6-4-/t8?,9-/m1/s1. The van der Waals surface area contributed by atoms with Gasteiger partial charge in [0.1, 0.15) is 0 Å². The van der Waals surface area contributed by atoms with E-state index in [0.717, 1.165) is 0 Å². The quantitative estimate of drug-likeness (QED) is 0.483. The molecular formula is C9H16O2. The number of aliphatic hydroxyl groups excluding tert-OH is 2. The van der Waals surface area contributed by atoms with Crippen LogP contribution in [0.3, 0.4) is 0 Å². The average molecular weight is 156 g/mol. The summed E-state index contributed by atoms with van der Waals surface area (Å²) in [5.41, 5.74) is 0. The lowest BCUT2D eigenvalue weighted by atomic mass is 9.97. The number of allylic oxidation sites excluding steroid dienone is 1. The Morgan fingerprint density at radius 1 is 1.64 bits per heavy atom. The van der Waals surface area contributed by atoms with Crippen LogP contribution in [0.25, 0.3) is 0 Å². The molecule has 0 aliphatic rings. The van der Waals surface area contributed by atoms with Gasteiger partial charge in [-0.05, 0) is 13.3 Å². The fourth-order valence-electron chi connectivity index (χ4n) is 1.01. The van der Waals surface area contributed by atoms with Gasteiger partial charge >= 0.3 is 0 Å². The van der Waals surface area contributed by atoms with Gasteiger partial charge in [0.05, 0.1) is 11.9 Å². The minimum absolute atomic E-state index is 0.0538. The molecule has 0 saturated carbocycles. The highest BCUT2D eigenvalue weighted by Crippen LogP contribution is 2.16. The van der Waals surface area contributed by atoms with E-state index in [4.69, 9.17) is 5.11 Å². The molecule has 0 amide bonds. The molecule has 2 heteroatoms. The van der Waals surface area contributed by atoms with Crippen molar-refractivity contribution in [1.29, 1.82) is 0 Å². The summed E-state index contributed by atoms with van der Waals surface area (Å²) in [5.74, 6) is -0.177. The van der Waals surface area contributed by atoms with E-state index in [2.05, 4.69) is 6.58 Å². The average Bonchev–Trinajstić information content (AvgIpc) is 1.88. The lowest BCUT2D eigenvalue weighted by molar-refractivity contribution is 0.139. The summed E-state index contributed by atoms with van der Waals surface area (Å²) in [7, 11) is 0. The Balaban J connectivity index is 4.13. The predicted octanol–water partition coefficient (Wildman–Crippen LogP) is 2.02. The Morgan fingerprint density at radius 3 is 2.45 bits per heavy atom. The molecule has 2 atom stereocenters. The van der Waals surface area contributed by atoms with Crippen LogP contribution in [0.4, 0.5) is 0 Å². The van der Waals surface area contributed by atoms with Gasteiger partial charge < -0.3 is 10.2 Å². The van der Waals surface area contributed by atoms with Gasteiger partial charge in [0.2, 0.25) is 0 Å². The van der Waals surface area contributed by atoms with Crippen LogP contribution in [-0.4, -0.2) is 16.3 Å². The summed E-state index contributed by atoms with van der Waals surface area (Å²) < 4.78 is 0. The van der Waals surface area contributed by atoms with Crippen molar-refractivity contribution in [3.8, 4) is 0 Å². The zero-order chi connectivity index (χ0) is 8.85. The lowest BCUT2D eigenvalue weighted by Gasteiger charge is -2.16. The Bertz CT molecular complexity index is 150. The smallest absolute Gasteiger partial charge is 0.0911 e. The van der Waals surface area contributed by atoms with Gasteiger partial charge in [-0.25, -0.2) is 0 Å². The molecule has 2 N–H and O–H groups in total. The van der Waals surface area contributed by atoms with Crippen LogP contribution in [0.15, 0.2) is 24.5 Å². The van der Waals surface area contributed by atoms with Crippen molar-refractivity contribution in [1.82, 2.24) is 0 Å². The maximum atomic E-state index is 9.37. The first-order chi connectivity index (χ1) is 5.13. The first-order valence-electron chi connectivity index (χ1n) is 3.82. The van der Waals surface area contributed by atoms with E-state index in [1.807, 2.05) is 13.8 Å². The third-order valence-electron chi connectivity index (χ3n) is 1.67. The van der Waals surface area contributed by atoms with E-state index in [1.54, 1.807) is 12.2 Å². The molecular weight excluding hydrogens is 140 g/mol. The van der Waals surface area contributed by atoms with Gasteiger partial charge in [0, 0.05) is 5.92 Å². The summed E-state index contributed by atoms with van der Waals surface area (Å²) in [6.45, 7) is 7.12. The zero-order valence-electron chi connectivity index (χ0n) is 7.12. The van der Waals surface area contributed by atoms with Crippen LogP contribution in [0.1, 0.15) is 20.3 Å². The Morgan fingerprint density at radius 2 is 2.18 bits per heavy atom. The van der Waals surface area contributed by atoms with Crippen molar-refractivity contribution in [3.63, 3.8) is 0 Å². The highest BCUT2D eigenvalue weighted by molar-refractivity contribution is 5.00. The maximum absolute atomic E-state index is 9.37. The van der Waals surface area contributed by atoms with Crippen molar-refractivity contribution in [2.45, 2.75) is 26.4 Å². The normalized spacial score (nSPS) is 16.6. The molecule has 11 heavy (non-hydrogen) atoms. The number of rotatable bonds is 4. The fraction of sp³-hybridized carbons (Fsp3) is 0.556. The Labute approximate surface area is 67.9 Å². The predicted molar refractivity (Wildman–Crippen MR) is 46.4 cm³/mol. The molecule has 0 aromatic heterocycles. The minimum atomic E-state index is -0.609. The van der Waals surface area contributed by atoms with Crippen LogP contribution in [0.5, 0.6) is 0 Å². The van der Waals surface area contributed by atoms with E-state index in [9.17, 15) is 5.11 Å². The molecule has 0 saturated heterocycles. The fourth-order valence-corrected chi connectivity index (χ4v) is 1.01. The van der Waals surface area contributed by atoms with E-state index in [1.165, 1.54) is 0 Å². The van der Waals surface area contributed by atoms with Crippen molar-refractivity contribution < 1.29 is 10.2 Å². The van der Waals surface area contributed by atoms with E-state index in [-0.39, 0.29) is 11.7 Å². The first-order valence-corrected chi connectivity index (χ1v) is 3.82. The van der Waals surface area contributed by atoms with Crippen molar-refractivity contribution in [2.24, 2.45) is 5.92 Å². The molecule has 2 nitrogen and oxygen atoms in total. The van der Waals surface area contributed by atoms with Crippen LogP contribution < -0.4 is 0 Å². The molecule has 0 aliphatic heterocycles. The number of hydrogen-bond acceptors (Lipinski definition) is 2. The van der Waals surface area contributed by atoms with Gasteiger partial charge in [-0.3, -0.25) is 0 Å². The van der Waals surface area contributed by atoms with Crippen LogP contribution >= 0.6 is 0 Å². The number of hydrogen-bond donors (Lipinski definition) is 2. The highest BCUT2D eigenvalue weighted by Gasteiger charge is 2.16. The van der Waals surface area contributed by atoms with Crippen LogP contribution in [0.2, 0.25) is 0 Å². The van der Waals surface area contributed by atoms with Crippen molar-refractivity contribution in [2.75, 3.05) is 0 Å². The molecule has 0 bridgehead atoms. The van der Waals surface area contributed by atoms with Gasteiger partial charge in [-0.15, -0.1) is 0 Å². The third kappa shape index (κ3) is 3.23. The summed E-state index contributed by atoms with van der Waals surface area (Å²) >= 11 is 0. The van der Waals surface area contributed by atoms with Gasteiger partial charge in [0.25, 0.3) is 0 Å². The molecule has 0 rings (SSSR count). The largest absolute Gasteiger partial charge is 0.513 e. The van der Waals surface area contributed by atoms with Crippen LogP contribution in [-0.2, 0) is 0 Å². The molecule has 0 spiro atoms. The highest BCUT2D eigenvalue weighted by atomic mass is 16.3. The van der Waals surface area contributed by atoms with Crippen molar-refractivity contribution in [3.05, 3.63) is 24.5 Å². The monoisotopic (exact) mass is 156 g/mol. The molecule has 0 fully saturated rings. The second kappa shape index (κ2) is 4.97. The summed E-state index contributed by atoms with van der Waals surface area (Å²) in [4.78, 5) is 0. The summed E-state index contributed by atoms with van der Waals surface area (Å²) in [6, 6.07) is 0. The van der Waals surface area contributed by atoms with E-state index >= 15 is 0 Å².